The van der Waals surface area contributed by atoms with Crippen molar-refractivity contribution in [2.24, 2.45) is 0 Å². The van der Waals surface area contributed by atoms with Crippen molar-refractivity contribution in [2.75, 3.05) is 18.8 Å². The number of anilines is 1. The molecule has 1 aromatic carbocycles. The Morgan fingerprint density at radius 2 is 2.26 bits per heavy atom. The van der Waals surface area contributed by atoms with Crippen LogP contribution in [-0.2, 0) is 0 Å². The number of β-amino-alcohol motifs (C(OH)–C–C–N with tert-alkyl or cyclic N) is 1. The van der Waals surface area contributed by atoms with Crippen molar-refractivity contribution in [1.82, 2.24) is 4.90 Å². The summed E-state index contributed by atoms with van der Waals surface area (Å²) in [4.78, 5) is 14.8. The highest BCUT2D eigenvalue weighted by Crippen LogP contribution is 2.28. The van der Waals surface area contributed by atoms with Gasteiger partial charge >= 0.3 is 0 Å². The molecule has 1 aliphatic heterocycles. The molecule has 1 fully saturated rings. The van der Waals surface area contributed by atoms with Gasteiger partial charge in [0.1, 0.15) is 0 Å². The van der Waals surface area contributed by atoms with Crippen LogP contribution in [0.15, 0.2) is 24.3 Å². The van der Waals surface area contributed by atoms with E-state index >= 15 is 0 Å². The third-order valence-corrected chi connectivity index (χ3v) is 4.54. The Kier molecular flexibility index (Phi) is 3.16. The molecule has 0 bridgehead atoms. The first-order chi connectivity index (χ1) is 9.13. The quantitative estimate of drug-likeness (QED) is 0.784. The minimum Gasteiger partial charge on any atom is -0.399 e. The van der Waals surface area contributed by atoms with E-state index < -0.39 is 0 Å². The van der Waals surface area contributed by atoms with Gasteiger partial charge in [0.15, 0.2) is 0 Å². The van der Waals surface area contributed by atoms with Gasteiger partial charge in [0.25, 0.3) is 5.91 Å². The smallest absolute Gasteiger partial charge is 0.264 e. The van der Waals surface area contributed by atoms with Crippen LogP contribution in [-0.4, -0.2) is 35.1 Å². The number of amides is 1. The van der Waals surface area contributed by atoms with Gasteiger partial charge in [-0.15, -0.1) is 11.3 Å². The molecule has 5 heteroatoms. The number of likely N-dealkylation sites (tertiary alicyclic amines) is 1. The fourth-order valence-electron chi connectivity index (χ4n) is 2.46. The fraction of sp³-hybridized carbons (Fsp3) is 0.357. The number of nitrogen functional groups attached to an aromatic ring is 1. The zero-order valence-electron chi connectivity index (χ0n) is 10.5. The first-order valence-electron chi connectivity index (χ1n) is 6.40. The number of piperidine rings is 1. The Hall–Kier alpha value is -1.59. The fourth-order valence-corrected chi connectivity index (χ4v) is 3.47. The average molecular weight is 276 g/mol. The van der Waals surface area contributed by atoms with Crippen LogP contribution in [0.5, 0.6) is 0 Å². The number of aliphatic hydroxyl groups is 1. The molecular formula is C14H16N2O2S. The lowest BCUT2D eigenvalue weighted by atomic mass is 10.1. The Morgan fingerprint density at radius 3 is 3.05 bits per heavy atom. The number of thiophene rings is 1. The highest BCUT2D eigenvalue weighted by atomic mass is 32.1. The molecule has 4 nitrogen and oxygen atoms in total. The second-order valence-corrected chi connectivity index (χ2v) is 6.04. The summed E-state index contributed by atoms with van der Waals surface area (Å²) in [5.74, 6) is 0.0125. The van der Waals surface area contributed by atoms with E-state index in [4.69, 9.17) is 5.73 Å². The largest absolute Gasteiger partial charge is 0.399 e. The minimum absolute atomic E-state index is 0.0125. The number of nitrogens with zero attached hydrogens (tertiary/aromatic N) is 1. The maximum atomic E-state index is 12.4. The molecule has 1 aromatic heterocycles. The number of aliphatic hydroxyl groups excluding tert-OH is 1. The van der Waals surface area contributed by atoms with Gasteiger partial charge in [-0.1, -0.05) is 0 Å². The Bertz CT molecular complexity index is 623. The first-order valence-corrected chi connectivity index (χ1v) is 7.21. The van der Waals surface area contributed by atoms with E-state index in [9.17, 15) is 9.90 Å². The van der Waals surface area contributed by atoms with Crippen LogP contribution in [0.2, 0.25) is 0 Å². The van der Waals surface area contributed by atoms with Crippen LogP contribution in [0.1, 0.15) is 22.5 Å². The summed E-state index contributed by atoms with van der Waals surface area (Å²) in [6.45, 7) is 1.17. The van der Waals surface area contributed by atoms with E-state index in [1.807, 2.05) is 24.3 Å². The molecule has 0 spiro atoms. The molecule has 0 radical (unpaired) electrons. The summed E-state index contributed by atoms with van der Waals surface area (Å²) >= 11 is 1.48. The van der Waals surface area contributed by atoms with Crippen LogP contribution >= 0.6 is 11.3 Å². The molecule has 3 rings (SSSR count). The van der Waals surface area contributed by atoms with Crippen LogP contribution in [0, 0.1) is 0 Å². The topological polar surface area (TPSA) is 66.6 Å². The second-order valence-electron chi connectivity index (χ2n) is 4.96. The van der Waals surface area contributed by atoms with Crippen LogP contribution in [0.3, 0.4) is 0 Å². The van der Waals surface area contributed by atoms with Crippen molar-refractivity contribution in [1.29, 1.82) is 0 Å². The lowest BCUT2D eigenvalue weighted by Crippen LogP contribution is -2.41. The summed E-state index contributed by atoms with van der Waals surface area (Å²) < 4.78 is 1.06. The van der Waals surface area contributed by atoms with Gasteiger partial charge in [0, 0.05) is 23.5 Å². The van der Waals surface area contributed by atoms with Crippen molar-refractivity contribution >= 4 is 33.0 Å². The molecule has 2 aromatic rings. The number of nitrogens with two attached hydrogens (primary N) is 1. The number of hydrogen-bond acceptors (Lipinski definition) is 4. The third-order valence-electron chi connectivity index (χ3n) is 3.43. The van der Waals surface area contributed by atoms with Crippen molar-refractivity contribution in [3.63, 3.8) is 0 Å². The van der Waals surface area contributed by atoms with Gasteiger partial charge in [-0.05, 0) is 42.5 Å². The third kappa shape index (κ3) is 2.43. The molecule has 1 atom stereocenters. The van der Waals surface area contributed by atoms with Gasteiger partial charge in [-0.3, -0.25) is 4.79 Å². The number of benzene rings is 1. The van der Waals surface area contributed by atoms with Crippen LogP contribution in [0.4, 0.5) is 5.69 Å². The summed E-state index contributed by atoms with van der Waals surface area (Å²) in [6.07, 6.45) is 1.26. The Labute approximate surface area is 115 Å². The Balaban J connectivity index is 1.88. The predicted octanol–water partition coefficient (Wildman–Crippen LogP) is 2.08. The van der Waals surface area contributed by atoms with Crippen LogP contribution in [0.25, 0.3) is 10.1 Å². The predicted molar refractivity (Wildman–Crippen MR) is 77.4 cm³/mol. The number of fused-ring (bicyclic) bond motifs is 1. The molecule has 1 amide bonds. The maximum absolute atomic E-state index is 12.4. The summed E-state index contributed by atoms with van der Waals surface area (Å²) in [6, 6.07) is 7.56. The number of carbonyl (C=O) groups is 1. The molecule has 2 heterocycles. The number of rotatable bonds is 1. The molecule has 19 heavy (non-hydrogen) atoms. The van der Waals surface area contributed by atoms with Gasteiger partial charge in [-0.25, -0.2) is 0 Å². The zero-order chi connectivity index (χ0) is 13.4. The van der Waals surface area contributed by atoms with Gasteiger partial charge in [0.05, 0.1) is 11.0 Å². The van der Waals surface area contributed by atoms with E-state index in [0.29, 0.717) is 12.2 Å². The second kappa shape index (κ2) is 4.83. The monoisotopic (exact) mass is 276 g/mol. The summed E-state index contributed by atoms with van der Waals surface area (Å²) in [7, 11) is 0. The highest BCUT2D eigenvalue weighted by molar-refractivity contribution is 7.20. The number of carbonyl (C=O) groups excluding carboxylic acids is 1. The summed E-state index contributed by atoms with van der Waals surface area (Å²) in [5.41, 5.74) is 6.45. The van der Waals surface area contributed by atoms with E-state index in [2.05, 4.69) is 0 Å². The van der Waals surface area contributed by atoms with E-state index in [1.54, 1.807) is 4.90 Å². The van der Waals surface area contributed by atoms with E-state index in [-0.39, 0.29) is 12.0 Å². The molecule has 3 N–H and O–H groups in total. The molecule has 1 unspecified atom stereocenters. The van der Waals surface area contributed by atoms with Crippen LogP contribution < -0.4 is 5.73 Å². The van der Waals surface area contributed by atoms with Crippen molar-refractivity contribution < 1.29 is 9.90 Å². The molecule has 100 valence electrons. The van der Waals surface area contributed by atoms with Crippen molar-refractivity contribution in [2.45, 2.75) is 18.9 Å². The van der Waals surface area contributed by atoms with Crippen molar-refractivity contribution in [3.05, 3.63) is 29.1 Å². The average Bonchev–Trinajstić information content (AvgIpc) is 2.80. The SMILES string of the molecule is Nc1ccc2sc(C(=O)N3CCCC(O)C3)cc2c1. The first kappa shape index (κ1) is 12.4. The lowest BCUT2D eigenvalue weighted by molar-refractivity contribution is 0.0478. The number of hydrogen-bond donors (Lipinski definition) is 2. The lowest BCUT2D eigenvalue weighted by Gasteiger charge is -2.29. The molecule has 1 saturated heterocycles. The van der Waals surface area contributed by atoms with E-state index in [0.717, 1.165) is 34.3 Å². The zero-order valence-corrected chi connectivity index (χ0v) is 11.3. The minimum atomic E-state index is -0.386. The summed E-state index contributed by atoms with van der Waals surface area (Å²) in [5, 5.41) is 10.7. The molecule has 1 aliphatic rings. The Morgan fingerprint density at radius 1 is 1.42 bits per heavy atom. The highest BCUT2D eigenvalue weighted by Gasteiger charge is 2.24. The maximum Gasteiger partial charge on any atom is 0.264 e. The molecular weight excluding hydrogens is 260 g/mol. The molecule has 0 saturated carbocycles. The van der Waals surface area contributed by atoms with E-state index in [1.165, 1.54) is 11.3 Å². The van der Waals surface area contributed by atoms with Crippen molar-refractivity contribution in [3.8, 4) is 0 Å². The van der Waals surface area contributed by atoms with Gasteiger partial charge in [0.2, 0.25) is 0 Å². The molecule has 0 aliphatic carbocycles. The standard InChI is InChI=1S/C14H16N2O2S/c15-10-3-4-12-9(6-10)7-13(19-12)14(18)16-5-1-2-11(17)8-16/h3-4,6-7,11,17H,1-2,5,8,15H2. The van der Waals surface area contributed by atoms with Gasteiger partial charge < -0.3 is 15.7 Å². The normalized spacial score (nSPS) is 19.8. The van der Waals surface area contributed by atoms with Gasteiger partial charge in [-0.2, -0.15) is 0 Å².